The lowest BCUT2D eigenvalue weighted by molar-refractivity contribution is 0.143. The van der Waals surface area contributed by atoms with Gasteiger partial charge in [-0.3, -0.25) is 14.4 Å². The molecule has 0 spiro atoms. The van der Waals surface area contributed by atoms with Crippen molar-refractivity contribution in [3.63, 3.8) is 0 Å². The summed E-state index contributed by atoms with van der Waals surface area (Å²) >= 11 is 4.16. The van der Waals surface area contributed by atoms with Crippen LogP contribution in [0.3, 0.4) is 0 Å². The second kappa shape index (κ2) is 6.05. The van der Waals surface area contributed by atoms with E-state index in [9.17, 15) is 8.42 Å². The van der Waals surface area contributed by atoms with Gasteiger partial charge in [0.15, 0.2) is 0 Å². The highest BCUT2D eigenvalue weighted by molar-refractivity contribution is 7.85. The summed E-state index contributed by atoms with van der Waals surface area (Å²) in [7, 11) is -3.81. The average Bonchev–Trinajstić information content (AvgIpc) is 2.16. The molecule has 1 rings (SSSR count). The van der Waals surface area contributed by atoms with Crippen LogP contribution < -0.4 is 0 Å². The highest BCUT2D eigenvalue weighted by Gasteiger charge is 2.17. The quantitative estimate of drug-likeness (QED) is 0.508. The molecule has 1 aliphatic heterocycles. The maximum absolute atomic E-state index is 10.5. The minimum absolute atomic E-state index is 0.167. The van der Waals surface area contributed by atoms with Crippen LogP contribution in [0, 0.1) is 0 Å². The fraction of sp³-hybridized carbons (Fsp3) is 1.00. The van der Waals surface area contributed by atoms with Crippen molar-refractivity contribution in [2.75, 3.05) is 50.8 Å². The summed E-state index contributed by atoms with van der Waals surface area (Å²) in [5, 5.41) is 0. The van der Waals surface area contributed by atoms with Crippen molar-refractivity contribution in [3.8, 4) is 0 Å². The van der Waals surface area contributed by atoms with Crippen LogP contribution in [0.25, 0.3) is 0 Å². The summed E-state index contributed by atoms with van der Waals surface area (Å²) in [6, 6.07) is 0. The molecule has 1 aliphatic rings. The van der Waals surface area contributed by atoms with Gasteiger partial charge in [-0.1, -0.05) is 0 Å². The zero-order chi connectivity index (χ0) is 11.3. The third-order valence-corrected chi connectivity index (χ3v) is 3.45. The topological polar surface area (TPSA) is 60.9 Å². The van der Waals surface area contributed by atoms with E-state index >= 15 is 0 Å². The Kier molecular flexibility index (Phi) is 5.34. The fourth-order valence-electron chi connectivity index (χ4n) is 1.62. The molecule has 0 aromatic carbocycles. The van der Waals surface area contributed by atoms with Crippen molar-refractivity contribution in [2.24, 2.45) is 0 Å². The molecule has 0 aromatic rings. The normalized spacial score (nSPS) is 20.7. The molecule has 1 N–H and O–H groups in total. The first-order chi connectivity index (χ1) is 7.01. The SMILES string of the molecule is O=S(=O)(O)CCN1CCN(CCS)CC1. The molecular weight excluding hydrogens is 236 g/mol. The number of thiol groups is 1. The number of piperazine rings is 1. The lowest BCUT2D eigenvalue weighted by atomic mass is 10.3. The Morgan fingerprint density at radius 2 is 1.53 bits per heavy atom. The molecule has 1 fully saturated rings. The van der Waals surface area contributed by atoms with E-state index in [0.29, 0.717) is 6.54 Å². The van der Waals surface area contributed by atoms with Gasteiger partial charge in [0.2, 0.25) is 0 Å². The fourth-order valence-corrected chi connectivity index (χ4v) is 2.39. The van der Waals surface area contributed by atoms with Crippen LogP contribution in [0.4, 0.5) is 0 Å². The van der Waals surface area contributed by atoms with E-state index in [2.05, 4.69) is 22.4 Å². The molecule has 1 saturated heterocycles. The Bertz CT molecular complexity index is 274. The zero-order valence-electron chi connectivity index (χ0n) is 8.67. The first-order valence-corrected chi connectivity index (χ1v) is 7.26. The Morgan fingerprint density at radius 1 is 1.07 bits per heavy atom. The molecule has 7 heteroatoms. The molecule has 0 aromatic heterocycles. The molecule has 0 bridgehead atoms. The highest BCUT2D eigenvalue weighted by atomic mass is 32.2. The number of nitrogens with zero attached hydrogens (tertiary/aromatic N) is 2. The van der Waals surface area contributed by atoms with E-state index in [0.717, 1.165) is 38.5 Å². The summed E-state index contributed by atoms with van der Waals surface area (Å²) in [6.07, 6.45) is 0. The Hall–Kier alpha value is 0.180. The van der Waals surface area contributed by atoms with Crippen LogP contribution >= 0.6 is 12.6 Å². The van der Waals surface area contributed by atoms with Crippen molar-refractivity contribution in [3.05, 3.63) is 0 Å². The van der Waals surface area contributed by atoms with Crippen LogP contribution in [0.15, 0.2) is 0 Å². The van der Waals surface area contributed by atoms with E-state index in [1.807, 2.05) is 0 Å². The van der Waals surface area contributed by atoms with Gasteiger partial charge < -0.3 is 0 Å². The van der Waals surface area contributed by atoms with Crippen LogP contribution in [0.2, 0.25) is 0 Å². The molecule has 1 heterocycles. The van der Waals surface area contributed by atoms with E-state index in [4.69, 9.17) is 4.55 Å². The van der Waals surface area contributed by atoms with Gasteiger partial charge >= 0.3 is 0 Å². The van der Waals surface area contributed by atoms with Crippen molar-refractivity contribution in [1.82, 2.24) is 9.80 Å². The molecule has 90 valence electrons. The zero-order valence-corrected chi connectivity index (χ0v) is 10.4. The molecule has 0 unspecified atom stereocenters. The second-order valence-electron chi connectivity index (χ2n) is 3.69. The second-order valence-corrected chi connectivity index (χ2v) is 5.71. The first kappa shape index (κ1) is 13.2. The predicted octanol–water partition coefficient (Wildman–Crippen LogP) is -0.578. The third-order valence-electron chi connectivity index (χ3n) is 2.55. The minimum atomic E-state index is -3.81. The van der Waals surface area contributed by atoms with Gasteiger partial charge in [0, 0.05) is 45.0 Å². The number of hydrogen-bond acceptors (Lipinski definition) is 5. The summed E-state index contributed by atoms with van der Waals surface area (Å²) in [6.45, 7) is 5.04. The van der Waals surface area contributed by atoms with Gasteiger partial charge in [-0.2, -0.15) is 21.0 Å². The molecule has 0 amide bonds. The van der Waals surface area contributed by atoms with E-state index < -0.39 is 10.1 Å². The Balaban J connectivity index is 2.20. The van der Waals surface area contributed by atoms with Crippen molar-refractivity contribution in [2.45, 2.75) is 0 Å². The highest BCUT2D eigenvalue weighted by Crippen LogP contribution is 2.01. The summed E-state index contributed by atoms with van der Waals surface area (Å²) in [5.74, 6) is 0.685. The monoisotopic (exact) mass is 254 g/mol. The molecule has 0 saturated carbocycles. The van der Waals surface area contributed by atoms with E-state index in [1.54, 1.807) is 0 Å². The molecule has 5 nitrogen and oxygen atoms in total. The van der Waals surface area contributed by atoms with Gasteiger partial charge in [0.25, 0.3) is 10.1 Å². The number of rotatable bonds is 5. The average molecular weight is 254 g/mol. The molecule has 0 aliphatic carbocycles. The smallest absolute Gasteiger partial charge is 0.266 e. The largest absolute Gasteiger partial charge is 0.300 e. The standard InChI is InChI=1S/C8H18N2O3S2/c11-15(12,13)8-6-10-3-1-9(2-4-10)5-7-14/h14H,1-8H2,(H,11,12,13). The van der Waals surface area contributed by atoms with Crippen LogP contribution in [-0.4, -0.2) is 73.5 Å². The maximum Gasteiger partial charge on any atom is 0.266 e. The van der Waals surface area contributed by atoms with Crippen molar-refractivity contribution < 1.29 is 13.0 Å². The summed E-state index contributed by atoms with van der Waals surface area (Å²) in [4.78, 5) is 4.36. The van der Waals surface area contributed by atoms with Crippen molar-refractivity contribution >= 4 is 22.7 Å². The van der Waals surface area contributed by atoms with Crippen molar-refractivity contribution in [1.29, 1.82) is 0 Å². The number of hydrogen-bond donors (Lipinski definition) is 2. The molecular formula is C8H18N2O3S2. The first-order valence-electron chi connectivity index (χ1n) is 5.02. The third kappa shape index (κ3) is 5.72. The van der Waals surface area contributed by atoms with Gasteiger partial charge in [0.1, 0.15) is 0 Å². The maximum atomic E-state index is 10.5. The molecule has 0 atom stereocenters. The van der Waals surface area contributed by atoms with Gasteiger partial charge in [-0.05, 0) is 0 Å². The Labute approximate surface area is 96.6 Å². The molecule has 15 heavy (non-hydrogen) atoms. The van der Waals surface area contributed by atoms with Crippen LogP contribution in [-0.2, 0) is 10.1 Å². The summed E-state index contributed by atoms with van der Waals surface area (Å²) in [5.41, 5.74) is 0. The van der Waals surface area contributed by atoms with Gasteiger partial charge in [0.05, 0.1) is 5.75 Å². The Morgan fingerprint density at radius 3 is 1.93 bits per heavy atom. The van der Waals surface area contributed by atoms with Crippen LogP contribution in [0.5, 0.6) is 0 Å². The lowest BCUT2D eigenvalue weighted by Gasteiger charge is -2.34. The summed E-state index contributed by atoms with van der Waals surface area (Å²) < 4.78 is 29.7. The lowest BCUT2D eigenvalue weighted by Crippen LogP contribution is -2.47. The van der Waals surface area contributed by atoms with Gasteiger partial charge in [-0.15, -0.1) is 0 Å². The van der Waals surface area contributed by atoms with Crippen LogP contribution in [0.1, 0.15) is 0 Å². The predicted molar refractivity (Wildman–Crippen MR) is 63.1 cm³/mol. The molecule has 0 radical (unpaired) electrons. The van der Waals surface area contributed by atoms with Gasteiger partial charge in [-0.25, -0.2) is 0 Å². The minimum Gasteiger partial charge on any atom is -0.300 e. The van der Waals surface area contributed by atoms with E-state index in [-0.39, 0.29) is 5.75 Å². The van der Waals surface area contributed by atoms with E-state index in [1.165, 1.54) is 0 Å².